The smallest absolute Gasteiger partial charge is 0.155 e. The van der Waals surface area contributed by atoms with Crippen LogP contribution in [0.1, 0.15) is 95.9 Å². The van der Waals surface area contributed by atoms with Crippen molar-refractivity contribution < 1.29 is 9.59 Å². The summed E-state index contributed by atoms with van der Waals surface area (Å²) < 4.78 is 0. The lowest BCUT2D eigenvalue weighted by molar-refractivity contribution is -0.129. The summed E-state index contributed by atoms with van der Waals surface area (Å²) in [5.41, 5.74) is -1.07. The first-order valence-electron chi connectivity index (χ1n) is 10.5. The van der Waals surface area contributed by atoms with Crippen molar-refractivity contribution in [1.29, 1.82) is 0 Å². The number of nitrogens with one attached hydrogen (secondary N) is 2. The molecule has 0 saturated carbocycles. The molecule has 0 bridgehead atoms. The molecule has 0 amide bonds. The van der Waals surface area contributed by atoms with E-state index in [1.54, 1.807) is 0 Å². The van der Waals surface area contributed by atoms with Gasteiger partial charge in [0.2, 0.25) is 0 Å². The maximum Gasteiger partial charge on any atom is 0.155 e. The predicted molar refractivity (Wildman–Crippen MR) is 121 cm³/mol. The molecule has 28 heavy (non-hydrogen) atoms. The van der Waals surface area contributed by atoms with E-state index in [4.69, 9.17) is 0 Å². The topological polar surface area (TPSA) is 58.2 Å². The number of rotatable bonds is 8. The van der Waals surface area contributed by atoms with E-state index in [9.17, 15) is 9.59 Å². The third-order valence-electron chi connectivity index (χ3n) is 4.24. The van der Waals surface area contributed by atoms with Gasteiger partial charge in [0.15, 0.2) is 11.6 Å². The molecule has 0 aromatic carbocycles. The van der Waals surface area contributed by atoms with E-state index in [0.717, 1.165) is 0 Å². The molecule has 0 aliphatic rings. The third-order valence-corrected chi connectivity index (χ3v) is 4.24. The monoisotopic (exact) mass is 394 g/mol. The normalized spacial score (nSPS) is 16.3. The van der Waals surface area contributed by atoms with Gasteiger partial charge >= 0.3 is 0 Å². The van der Waals surface area contributed by atoms with E-state index < -0.39 is 10.8 Å². The summed E-state index contributed by atoms with van der Waals surface area (Å²) >= 11 is 0. The van der Waals surface area contributed by atoms with Crippen molar-refractivity contribution in [3.8, 4) is 0 Å². The molecule has 0 aromatic rings. The Morgan fingerprint density at radius 1 is 0.607 bits per heavy atom. The van der Waals surface area contributed by atoms with Gasteiger partial charge in [-0.15, -0.1) is 0 Å². The second-order valence-corrected chi connectivity index (χ2v) is 12.1. The number of carbonyl (C=O) groups excluding carboxylic acids is 2. The lowest BCUT2D eigenvalue weighted by atomic mass is 9.83. The number of hydrogen-bond acceptors (Lipinski definition) is 4. The highest BCUT2D eigenvalue weighted by Crippen LogP contribution is 2.22. The van der Waals surface area contributed by atoms with E-state index >= 15 is 0 Å². The van der Waals surface area contributed by atoms with Crippen molar-refractivity contribution >= 4 is 11.6 Å². The molecule has 0 spiro atoms. The first kappa shape index (κ1) is 27.0. The van der Waals surface area contributed by atoms with Gasteiger partial charge in [-0.25, -0.2) is 0 Å². The zero-order chi connectivity index (χ0) is 22.6. The van der Waals surface area contributed by atoms with Crippen LogP contribution in [0.25, 0.3) is 0 Å². The van der Waals surface area contributed by atoms with Crippen LogP contribution in [0.4, 0.5) is 0 Å². The maximum atomic E-state index is 12.8. The molecule has 0 aliphatic carbocycles. The van der Waals surface area contributed by atoms with Gasteiger partial charge in [-0.3, -0.25) is 9.59 Å². The molecule has 0 heterocycles. The Kier molecular flexibility index (Phi) is 9.32. The molecule has 164 valence electrons. The zero-order valence-corrected chi connectivity index (χ0v) is 20.5. The van der Waals surface area contributed by atoms with Crippen molar-refractivity contribution in [2.75, 3.05) is 0 Å². The average Bonchev–Trinajstić information content (AvgIpc) is 2.43. The van der Waals surface area contributed by atoms with Crippen molar-refractivity contribution in [2.24, 2.45) is 10.8 Å². The van der Waals surface area contributed by atoms with Gasteiger partial charge in [0.1, 0.15) is 0 Å². The molecule has 4 nitrogen and oxygen atoms in total. The molecule has 0 rings (SSSR count). The minimum Gasteiger partial charge on any atom is -0.302 e. The van der Waals surface area contributed by atoms with E-state index in [2.05, 4.69) is 52.2 Å². The molecule has 0 aliphatic heterocycles. The fourth-order valence-electron chi connectivity index (χ4n) is 3.02. The maximum absolute atomic E-state index is 12.8. The van der Waals surface area contributed by atoms with Gasteiger partial charge in [0.05, 0.1) is 12.1 Å². The van der Waals surface area contributed by atoms with Crippen LogP contribution in [0.2, 0.25) is 0 Å². The second kappa shape index (κ2) is 9.67. The van der Waals surface area contributed by atoms with Crippen molar-refractivity contribution in [1.82, 2.24) is 10.6 Å². The molecule has 4 heteroatoms. The molecule has 0 radical (unpaired) electrons. The van der Waals surface area contributed by atoms with Gasteiger partial charge in [-0.1, -0.05) is 53.7 Å². The molecular formula is C24H46N2O2. The van der Waals surface area contributed by atoms with Crippen LogP contribution in [-0.4, -0.2) is 34.7 Å². The Morgan fingerprint density at radius 2 is 0.857 bits per heavy atom. The largest absolute Gasteiger partial charge is 0.302 e. The van der Waals surface area contributed by atoms with E-state index in [1.165, 1.54) is 0 Å². The van der Waals surface area contributed by atoms with Crippen molar-refractivity contribution in [3.63, 3.8) is 0 Å². The van der Waals surface area contributed by atoms with Crippen molar-refractivity contribution in [2.45, 2.75) is 119 Å². The van der Waals surface area contributed by atoms with E-state index in [0.29, 0.717) is 12.8 Å². The number of carbonyl (C=O) groups is 2. The number of Topliss-reactive ketones (excluding diaryl/α,β-unsaturated/α-hetero) is 2. The Morgan fingerprint density at radius 3 is 1.04 bits per heavy atom. The fourth-order valence-corrected chi connectivity index (χ4v) is 3.02. The molecule has 2 atom stereocenters. The van der Waals surface area contributed by atoms with Crippen LogP contribution in [0.15, 0.2) is 12.2 Å². The van der Waals surface area contributed by atoms with Crippen LogP contribution in [0.3, 0.4) is 0 Å². The summed E-state index contributed by atoms with van der Waals surface area (Å²) in [5, 5.41) is 6.91. The molecule has 0 fully saturated rings. The Bertz CT molecular complexity index is 499. The molecule has 2 N–H and O–H groups in total. The molecule has 2 unspecified atom stereocenters. The number of hydrogen-bond donors (Lipinski definition) is 2. The summed E-state index contributed by atoms with van der Waals surface area (Å²) in [4.78, 5) is 25.7. The average molecular weight is 395 g/mol. The summed E-state index contributed by atoms with van der Waals surface area (Å²) in [6.07, 6.45) is 5.33. The lowest BCUT2D eigenvalue weighted by Crippen LogP contribution is -2.51. The standard InChI is InChI=1S/C24H46N2O2/c1-21(2,3)19(27)17(25-23(7,8)9)15-13-14-16-18(26-24(10,11)12)20(28)22(4,5)6/h13-14,17-18,25-26H,15-16H2,1-12H3/b14-13+. The minimum absolute atomic E-state index is 0.141. The Labute approximate surface area is 174 Å². The van der Waals surface area contributed by atoms with Crippen LogP contribution < -0.4 is 10.6 Å². The van der Waals surface area contributed by atoms with Crippen molar-refractivity contribution in [3.05, 3.63) is 12.2 Å². The lowest BCUT2D eigenvalue weighted by Gasteiger charge is -2.32. The van der Waals surface area contributed by atoms with E-state index in [-0.39, 0.29) is 34.7 Å². The van der Waals surface area contributed by atoms with Gasteiger partial charge in [-0.05, 0) is 54.4 Å². The predicted octanol–water partition coefficient (Wildman–Crippen LogP) is 5.07. The highest BCUT2D eigenvalue weighted by molar-refractivity contribution is 5.89. The van der Waals surface area contributed by atoms with Crippen LogP contribution in [-0.2, 0) is 9.59 Å². The Balaban J connectivity index is 5.26. The third kappa shape index (κ3) is 11.1. The first-order valence-corrected chi connectivity index (χ1v) is 10.5. The second-order valence-electron chi connectivity index (χ2n) is 12.1. The summed E-state index contributed by atoms with van der Waals surface area (Å²) in [6, 6.07) is -0.466. The SMILES string of the molecule is CC(C)(C)NC(C/C=C/CC(NC(C)(C)C)C(=O)C(C)(C)C)C(=O)C(C)(C)C. The summed E-state index contributed by atoms with van der Waals surface area (Å²) in [7, 11) is 0. The fraction of sp³-hybridized carbons (Fsp3) is 0.833. The van der Waals surface area contributed by atoms with Gasteiger partial charge in [0.25, 0.3) is 0 Å². The zero-order valence-electron chi connectivity index (χ0n) is 20.5. The quantitative estimate of drug-likeness (QED) is 0.565. The van der Waals surface area contributed by atoms with Crippen LogP contribution in [0.5, 0.6) is 0 Å². The van der Waals surface area contributed by atoms with E-state index in [1.807, 2.05) is 53.7 Å². The van der Waals surface area contributed by atoms with Gasteiger partial charge < -0.3 is 10.6 Å². The highest BCUT2D eigenvalue weighted by Gasteiger charge is 2.32. The molecule has 0 saturated heterocycles. The highest BCUT2D eigenvalue weighted by atomic mass is 16.1. The minimum atomic E-state index is -0.394. The Hall–Kier alpha value is -1.00. The van der Waals surface area contributed by atoms with Crippen LogP contribution >= 0.6 is 0 Å². The van der Waals surface area contributed by atoms with Gasteiger partial charge in [-0.2, -0.15) is 0 Å². The van der Waals surface area contributed by atoms with Crippen LogP contribution in [0, 0.1) is 10.8 Å². The molecular weight excluding hydrogens is 348 g/mol. The first-order chi connectivity index (χ1) is 12.2. The summed E-state index contributed by atoms with van der Waals surface area (Å²) in [5.74, 6) is 0.421. The summed E-state index contributed by atoms with van der Waals surface area (Å²) in [6.45, 7) is 24.2. The molecule has 0 aromatic heterocycles. The van der Waals surface area contributed by atoms with Gasteiger partial charge in [0, 0.05) is 21.9 Å². The number of ketones is 2.